The first-order valence-corrected chi connectivity index (χ1v) is 6.80. The van der Waals surface area contributed by atoms with Crippen LogP contribution < -0.4 is 0 Å². The number of rotatable bonds is 1. The van der Waals surface area contributed by atoms with Crippen LogP contribution in [0.3, 0.4) is 0 Å². The Labute approximate surface area is 102 Å². The van der Waals surface area contributed by atoms with Crippen LogP contribution in [0.4, 0.5) is 0 Å². The van der Waals surface area contributed by atoms with E-state index in [1.54, 1.807) is 11.3 Å². The van der Waals surface area contributed by atoms with Crippen LogP contribution in [0.1, 0.15) is 5.56 Å². The lowest BCUT2D eigenvalue weighted by Gasteiger charge is -1.97. The van der Waals surface area contributed by atoms with Crippen LogP contribution in [0.5, 0.6) is 0 Å². The van der Waals surface area contributed by atoms with E-state index in [1.165, 1.54) is 15.6 Å². The minimum Gasteiger partial charge on any atom is -0.143 e. The zero-order valence-electron chi connectivity index (χ0n) is 6.48. The lowest BCUT2D eigenvalue weighted by molar-refractivity contribution is 1.54. The number of hydrogen-bond acceptors (Lipinski definition) is 1. The zero-order chi connectivity index (χ0) is 9.42. The number of halogens is 3. The minimum atomic E-state index is 0.771. The van der Waals surface area contributed by atoms with Gasteiger partial charge in [-0.3, -0.25) is 0 Å². The second-order valence-corrected chi connectivity index (χ2v) is 5.39. The third-order valence-electron chi connectivity index (χ3n) is 1.84. The third kappa shape index (κ3) is 1.80. The number of alkyl halides is 1. The Morgan fingerprint density at radius 3 is 2.85 bits per heavy atom. The second kappa shape index (κ2) is 3.89. The molecule has 2 aromatic rings. The van der Waals surface area contributed by atoms with Crippen molar-refractivity contribution in [1.82, 2.24) is 0 Å². The van der Waals surface area contributed by atoms with Crippen LogP contribution >= 0.6 is 54.8 Å². The minimum absolute atomic E-state index is 0.771. The molecule has 1 aromatic heterocycles. The molecular formula is C9H5Br2ClS. The maximum Gasteiger partial charge on any atom is 0.0555 e. The Bertz CT molecular complexity index is 450. The lowest BCUT2D eigenvalue weighted by Crippen LogP contribution is -1.74. The molecule has 68 valence electrons. The van der Waals surface area contributed by atoms with E-state index in [1.807, 2.05) is 6.07 Å². The molecule has 0 amide bonds. The molecule has 0 nitrogen and oxygen atoms in total. The molecule has 0 radical (unpaired) electrons. The Hall–Kier alpha value is 0.430. The molecule has 13 heavy (non-hydrogen) atoms. The first kappa shape index (κ1) is 9.97. The van der Waals surface area contributed by atoms with Gasteiger partial charge in [0.05, 0.1) is 5.02 Å². The number of benzene rings is 1. The summed E-state index contributed by atoms with van der Waals surface area (Å²) in [7, 11) is 0. The van der Waals surface area contributed by atoms with Gasteiger partial charge in [-0.1, -0.05) is 27.5 Å². The van der Waals surface area contributed by atoms with E-state index in [0.717, 1.165) is 14.8 Å². The van der Waals surface area contributed by atoms with Gasteiger partial charge in [0.25, 0.3) is 0 Å². The molecule has 0 aliphatic rings. The van der Waals surface area contributed by atoms with Crippen LogP contribution in [-0.2, 0) is 5.33 Å². The van der Waals surface area contributed by atoms with Crippen molar-refractivity contribution < 1.29 is 0 Å². The second-order valence-electron chi connectivity index (χ2n) is 2.66. The van der Waals surface area contributed by atoms with E-state index in [-0.39, 0.29) is 0 Å². The molecule has 0 fully saturated rings. The highest BCUT2D eigenvalue weighted by molar-refractivity contribution is 9.10. The average Bonchev–Trinajstić information content (AvgIpc) is 2.48. The van der Waals surface area contributed by atoms with Gasteiger partial charge in [-0.2, -0.15) is 0 Å². The third-order valence-corrected chi connectivity index (χ3v) is 4.64. The Morgan fingerprint density at radius 2 is 2.15 bits per heavy atom. The fraction of sp³-hybridized carbons (Fsp3) is 0.111. The standard InChI is InChI=1S/C9H5Br2ClS/c10-3-5-4-13-9-2-7(11)8(12)1-6(5)9/h1-2,4H,3H2. The maximum atomic E-state index is 6.02. The smallest absolute Gasteiger partial charge is 0.0555 e. The van der Waals surface area contributed by atoms with Gasteiger partial charge in [0.2, 0.25) is 0 Å². The first-order chi connectivity index (χ1) is 6.22. The van der Waals surface area contributed by atoms with Crippen molar-refractivity contribution >= 4 is 64.9 Å². The molecule has 4 heteroatoms. The van der Waals surface area contributed by atoms with Crippen molar-refractivity contribution in [3.63, 3.8) is 0 Å². The van der Waals surface area contributed by atoms with Gasteiger partial charge in [-0.15, -0.1) is 11.3 Å². The monoisotopic (exact) mass is 338 g/mol. The van der Waals surface area contributed by atoms with Gasteiger partial charge in [-0.05, 0) is 44.4 Å². The predicted molar refractivity (Wildman–Crippen MR) is 67.2 cm³/mol. The predicted octanol–water partition coefficient (Wildman–Crippen LogP) is 5.21. The number of hydrogen-bond donors (Lipinski definition) is 0. The largest absolute Gasteiger partial charge is 0.143 e. The number of thiophene rings is 1. The van der Waals surface area contributed by atoms with E-state index in [2.05, 4.69) is 43.3 Å². The van der Waals surface area contributed by atoms with E-state index in [4.69, 9.17) is 11.6 Å². The quantitative estimate of drug-likeness (QED) is 0.625. The molecule has 0 saturated heterocycles. The summed E-state index contributed by atoms with van der Waals surface area (Å²) in [4.78, 5) is 0. The molecule has 1 aromatic carbocycles. The summed E-state index contributed by atoms with van der Waals surface area (Å²) in [5.41, 5.74) is 1.30. The van der Waals surface area contributed by atoms with E-state index < -0.39 is 0 Å². The summed E-state index contributed by atoms with van der Waals surface area (Å²) in [6.45, 7) is 0. The van der Waals surface area contributed by atoms with Gasteiger partial charge in [-0.25, -0.2) is 0 Å². The topological polar surface area (TPSA) is 0 Å². The molecule has 0 N–H and O–H groups in total. The van der Waals surface area contributed by atoms with E-state index in [0.29, 0.717) is 0 Å². The van der Waals surface area contributed by atoms with Crippen molar-refractivity contribution in [2.24, 2.45) is 0 Å². The zero-order valence-corrected chi connectivity index (χ0v) is 11.2. The maximum absolute atomic E-state index is 6.02. The summed E-state index contributed by atoms with van der Waals surface area (Å²) < 4.78 is 2.23. The Kier molecular flexibility index (Phi) is 2.98. The Balaban J connectivity index is 2.77. The van der Waals surface area contributed by atoms with Gasteiger partial charge in [0, 0.05) is 14.5 Å². The number of fused-ring (bicyclic) bond motifs is 1. The molecule has 0 atom stereocenters. The van der Waals surface area contributed by atoms with E-state index in [9.17, 15) is 0 Å². The molecule has 0 spiro atoms. The molecule has 2 rings (SSSR count). The van der Waals surface area contributed by atoms with Crippen molar-refractivity contribution in [1.29, 1.82) is 0 Å². The van der Waals surface area contributed by atoms with Crippen molar-refractivity contribution in [3.8, 4) is 0 Å². The van der Waals surface area contributed by atoms with Crippen LogP contribution in [0.15, 0.2) is 22.0 Å². The highest BCUT2D eigenvalue weighted by atomic mass is 79.9. The highest BCUT2D eigenvalue weighted by Crippen LogP contribution is 2.34. The lowest BCUT2D eigenvalue weighted by atomic mass is 10.2. The van der Waals surface area contributed by atoms with Gasteiger partial charge in [0.1, 0.15) is 0 Å². The molecule has 0 unspecified atom stereocenters. The molecule has 0 aliphatic heterocycles. The molecule has 0 aliphatic carbocycles. The van der Waals surface area contributed by atoms with Crippen LogP contribution in [-0.4, -0.2) is 0 Å². The normalized spacial score (nSPS) is 11.0. The van der Waals surface area contributed by atoms with Crippen LogP contribution in [0, 0.1) is 0 Å². The fourth-order valence-corrected chi connectivity index (χ4v) is 3.50. The van der Waals surface area contributed by atoms with Crippen molar-refractivity contribution in [2.45, 2.75) is 5.33 Å². The molecule has 0 bridgehead atoms. The summed E-state index contributed by atoms with van der Waals surface area (Å²) in [6.07, 6.45) is 0. The summed E-state index contributed by atoms with van der Waals surface area (Å²) >= 11 is 14.6. The highest BCUT2D eigenvalue weighted by Gasteiger charge is 2.05. The molecule has 0 saturated carbocycles. The Morgan fingerprint density at radius 1 is 1.38 bits per heavy atom. The van der Waals surface area contributed by atoms with Crippen molar-refractivity contribution in [3.05, 3.63) is 32.6 Å². The van der Waals surface area contributed by atoms with Crippen LogP contribution in [0.2, 0.25) is 5.02 Å². The average molecular weight is 340 g/mol. The van der Waals surface area contributed by atoms with Gasteiger partial charge >= 0.3 is 0 Å². The van der Waals surface area contributed by atoms with Gasteiger partial charge < -0.3 is 0 Å². The SMILES string of the molecule is Clc1cc2c(CBr)csc2cc1Br. The van der Waals surface area contributed by atoms with E-state index >= 15 is 0 Å². The molecule has 1 heterocycles. The van der Waals surface area contributed by atoms with Crippen LogP contribution in [0.25, 0.3) is 10.1 Å². The summed E-state index contributed by atoms with van der Waals surface area (Å²) in [5.74, 6) is 0. The first-order valence-electron chi connectivity index (χ1n) is 3.63. The van der Waals surface area contributed by atoms with Gasteiger partial charge in [0.15, 0.2) is 0 Å². The summed E-state index contributed by atoms with van der Waals surface area (Å²) in [6, 6.07) is 4.07. The van der Waals surface area contributed by atoms with Crippen molar-refractivity contribution in [2.75, 3.05) is 0 Å². The summed E-state index contributed by atoms with van der Waals surface area (Å²) in [5, 5.41) is 5.05. The molecular weight excluding hydrogens is 335 g/mol. The fourth-order valence-electron chi connectivity index (χ4n) is 1.18.